The summed E-state index contributed by atoms with van der Waals surface area (Å²) in [6.45, 7) is 6.61. The Morgan fingerprint density at radius 1 is 1.52 bits per heavy atom. The molecule has 8 nitrogen and oxygen atoms in total. The average molecular weight is 418 g/mol. The number of anilines is 1. The highest BCUT2D eigenvalue weighted by molar-refractivity contribution is 8.77. The van der Waals surface area contributed by atoms with E-state index in [1.807, 2.05) is 0 Å². The lowest BCUT2D eigenvalue weighted by Crippen LogP contribution is -2.29. The predicted molar refractivity (Wildman–Crippen MR) is 108 cm³/mol. The Morgan fingerprint density at radius 3 is 2.89 bits per heavy atom. The van der Waals surface area contributed by atoms with Crippen LogP contribution in [0.5, 0.6) is 0 Å². The molecular formula is C17H27N3O5S2. The monoisotopic (exact) mass is 417 g/mol. The summed E-state index contributed by atoms with van der Waals surface area (Å²) in [7, 11) is 4.90. The van der Waals surface area contributed by atoms with Gasteiger partial charge in [0.15, 0.2) is 0 Å². The smallest absolute Gasteiger partial charge is 0.351 e. The maximum absolute atomic E-state index is 12.3. The average Bonchev–Trinajstić information content (AvgIpc) is 2.92. The molecule has 0 aliphatic carbocycles. The number of methoxy groups -OCH3 is 1. The predicted octanol–water partition coefficient (Wildman–Crippen LogP) is 2.05. The summed E-state index contributed by atoms with van der Waals surface area (Å²) in [6, 6.07) is 1.55. The Bertz CT molecular complexity index is 692. The Kier molecular flexibility index (Phi) is 8.17. The molecule has 0 saturated carbocycles. The fraction of sp³-hybridized carbons (Fsp3) is 0.706. The molecular weight excluding hydrogens is 390 g/mol. The summed E-state index contributed by atoms with van der Waals surface area (Å²) in [5, 5.41) is 12.6. The van der Waals surface area contributed by atoms with Crippen LogP contribution in [0.15, 0.2) is 17.1 Å². The molecule has 2 heterocycles. The van der Waals surface area contributed by atoms with Crippen LogP contribution in [0.25, 0.3) is 0 Å². The molecule has 3 atom stereocenters. The third-order valence-corrected chi connectivity index (χ3v) is 7.01. The fourth-order valence-corrected chi connectivity index (χ4v) is 4.73. The number of nitrogens with zero attached hydrogens (tertiary/aromatic N) is 2. The van der Waals surface area contributed by atoms with Crippen LogP contribution in [0.3, 0.4) is 0 Å². The molecule has 1 aromatic rings. The summed E-state index contributed by atoms with van der Waals surface area (Å²) >= 11 is 0. The van der Waals surface area contributed by atoms with E-state index in [0.717, 1.165) is 0 Å². The number of aliphatic hydroxyl groups is 1. The minimum atomic E-state index is -0.704. The van der Waals surface area contributed by atoms with Crippen molar-refractivity contribution >= 4 is 33.3 Å². The number of hydrogen-bond donors (Lipinski definition) is 2. The molecule has 27 heavy (non-hydrogen) atoms. The first-order valence-corrected chi connectivity index (χ1v) is 11.0. The number of nitrogens with one attached hydrogen (secondary N) is 1. The second-order valence-corrected chi connectivity index (χ2v) is 10.4. The topological polar surface area (TPSA) is 103 Å². The van der Waals surface area contributed by atoms with Crippen LogP contribution < -0.4 is 11.0 Å². The maximum atomic E-state index is 12.3. The van der Waals surface area contributed by atoms with Gasteiger partial charge in [-0.2, -0.15) is 4.98 Å². The SMILES string of the molecule is COCC1OC(n2ccc(NC(=O)CCSSC(C)(C)C)nc2=O)CC1O. The van der Waals surface area contributed by atoms with Crippen LogP contribution in [-0.2, 0) is 14.3 Å². The van der Waals surface area contributed by atoms with Crippen molar-refractivity contribution in [2.45, 2.75) is 56.8 Å². The van der Waals surface area contributed by atoms with E-state index >= 15 is 0 Å². The van der Waals surface area contributed by atoms with Gasteiger partial charge < -0.3 is 19.9 Å². The van der Waals surface area contributed by atoms with Crippen molar-refractivity contribution in [3.05, 3.63) is 22.7 Å². The van der Waals surface area contributed by atoms with Gasteiger partial charge in [-0.1, -0.05) is 42.4 Å². The first kappa shape index (κ1) is 22.2. The number of hydrogen-bond acceptors (Lipinski definition) is 8. The summed E-state index contributed by atoms with van der Waals surface area (Å²) in [5.74, 6) is 0.704. The van der Waals surface area contributed by atoms with Crippen LogP contribution in [0.2, 0.25) is 0 Å². The van der Waals surface area contributed by atoms with Crippen LogP contribution >= 0.6 is 21.6 Å². The molecule has 0 spiro atoms. The van der Waals surface area contributed by atoms with Gasteiger partial charge in [0.1, 0.15) is 18.1 Å². The lowest BCUT2D eigenvalue weighted by atomic mass is 10.2. The molecule has 1 saturated heterocycles. The molecule has 1 aromatic heterocycles. The van der Waals surface area contributed by atoms with Crippen molar-refractivity contribution in [3.8, 4) is 0 Å². The molecule has 1 aliphatic heterocycles. The Morgan fingerprint density at radius 2 is 2.26 bits per heavy atom. The van der Waals surface area contributed by atoms with E-state index < -0.39 is 24.1 Å². The number of ether oxygens (including phenoxy) is 2. The number of amides is 1. The second kappa shape index (κ2) is 9.92. The third kappa shape index (κ3) is 7.11. The first-order valence-electron chi connectivity index (χ1n) is 8.72. The normalized spacial score (nSPS) is 22.8. The lowest BCUT2D eigenvalue weighted by molar-refractivity contribution is -0.115. The minimum Gasteiger partial charge on any atom is -0.390 e. The van der Waals surface area contributed by atoms with Crippen LogP contribution in [0, 0.1) is 0 Å². The van der Waals surface area contributed by atoms with Gasteiger partial charge in [0.2, 0.25) is 5.91 Å². The van der Waals surface area contributed by atoms with Crippen molar-refractivity contribution in [1.29, 1.82) is 0 Å². The highest BCUT2D eigenvalue weighted by atomic mass is 33.1. The van der Waals surface area contributed by atoms with E-state index in [0.29, 0.717) is 12.2 Å². The van der Waals surface area contributed by atoms with E-state index in [9.17, 15) is 14.7 Å². The third-order valence-electron chi connectivity index (χ3n) is 3.66. The van der Waals surface area contributed by atoms with E-state index in [1.165, 1.54) is 17.9 Å². The van der Waals surface area contributed by atoms with Crippen LogP contribution in [0.1, 0.15) is 39.8 Å². The summed E-state index contributed by atoms with van der Waals surface area (Å²) in [5.41, 5.74) is -0.541. The van der Waals surface area contributed by atoms with Crippen molar-refractivity contribution in [3.63, 3.8) is 0 Å². The Balaban J connectivity index is 1.87. The van der Waals surface area contributed by atoms with Gasteiger partial charge in [-0.3, -0.25) is 9.36 Å². The Hall–Kier alpha value is -1.07. The molecule has 152 valence electrons. The van der Waals surface area contributed by atoms with Gasteiger partial charge in [-0.15, -0.1) is 0 Å². The van der Waals surface area contributed by atoms with Gasteiger partial charge >= 0.3 is 5.69 Å². The second-order valence-electron chi connectivity index (χ2n) is 7.21. The van der Waals surface area contributed by atoms with Gasteiger partial charge in [0.25, 0.3) is 0 Å². The molecule has 0 bridgehead atoms. The van der Waals surface area contributed by atoms with E-state index in [4.69, 9.17) is 9.47 Å². The molecule has 0 aromatic carbocycles. The Labute approximate surface area is 166 Å². The van der Waals surface area contributed by atoms with Crippen molar-refractivity contribution in [2.24, 2.45) is 0 Å². The highest BCUT2D eigenvalue weighted by Crippen LogP contribution is 2.35. The standard InChI is InChI=1S/C17H27N3O5S2/c1-17(2,3)27-26-8-6-14(22)18-13-5-7-20(16(23)19-13)15-9-11(21)12(25-15)10-24-4/h5,7,11-12,15,21H,6,8-10H2,1-4H3,(H,18,19,22,23). The zero-order valence-electron chi connectivity index (χ0n) is 16.0. The fourth-order valence-electron chi connectivity index (χ4n) is 2.46. The minimum absolute atomic E-state index is 0.144. The van der Waals surface area contributed by atoms with Crippen molar-refractivity contribution in [2.75, 3.05) is 24.8 Å². The zero-order chi connectivity index (χ0) is 20.0. The van der Waals surface area contributed by atoms with Crippen molar-refractivity contribution < 1.29 is 19.4 Å². The van der Waals surface area contributed by atoms with Gasteiger partial charge in [0, 0.05) is 36.6 Å². The maximum Gasteiger partial charge on any atom is 0.351 e. The van der Waals surface area contributed by atoms with E-state index in [1.54, 1.807) is 27.7 Å². The number of carbonyl (C=O) groups is 1. The summed E-state index contributed by atoms with van der Waals surface area (Å²) < 4.78 is 12.1. The summed E-state index contributed by atoms with van der Waals surface area (Å²) in [4.78, 5) is 28.1. The van der Waals surface area contributed by atoms with Gasteiger partial charge in [-0.25, -0.2) is 4.79 Å². The van der Waals surface area contributed by atoms with Gasteiger partial charge in [-0.05, 0) is 6.07 Å². The number of carbonyl (C=O) groups excluding carboxylic acids is 1. The molecule has 2 N–H and O–H groups in total. The van der Waals surface area contributed by atoms with Crippen molar-refractivity contribution in [1.82, 2.24) is 9.55 Å². The van der Waals surface area contributed by atoms with Crippen LogP contribution in [0.4, 0.5) is 5.82 Å². The van der Waals surface area contributed by atoms with E-state index in [2.05, 4.69) is 31.1 Å². The van der Waals surface area contributed by atoms with Gasteiger partial charge in [0.05, 0.1) is 12.7 Å². The molecule has 1 fully saturated rings. The molecule has 10 heteroatoms. The van der Waals surface area contributed by atoms with E-state index in [-0.39, 0.29) is 29.5 Å². The highest BCUT2D eigenvalue weighted by Gasteiger charge is 2.35. The summed E-state index contributed by atoms with van der Waals surface area (Å²) in [6.07, 6.45) is 0.357. The van der Waals surface area contributed by atoms with Crippen LogP contribution in [-0.4, -0.2) is 57.0 Å². The number of aromatic nitrogens is 2. The molecule has 1 amide bonds. The first-order chi connectivity index (χ1) is 12.7. The number of rotatable bonds is 8. The largest absolute Gasteiger partial charge is 0.390 e. The molecule has 2 rings (SSSR count). The molecule has 1 aliphatic rings. The quantitative estimate of drug-likeness (QED) is 0.489. The number of aliphatic hydroxyl groups excluding tert-OH is 1. The molecule has 0 radical (unpaired) electrons. The molecule has 3 unspecified atom stereocenters. The lowest BCUT2D eigenvalue weighted by Gasteiger charge is -2.16. The zero-order valence-corrected chi connectivity index (χ0v) is 17.6.